The van der Waals surface area contributed by atoms with Crippen LogP contribution in [0.1, 0.15) is 30.0 Å². The zero-order valence-corrected chi connectivity index (χ0v) is 15.3. The molecular formula is C19H23N5O2. The second kappa shape index (κ2) is 6.57. The van der Waals surface area contributed by atoms with Gasteiger partial charge >= 0.3 is 5.69 Å². The van der Waals surface area contributed by atoms with Crippen molar-refractivity contribution in [2.75, 3.05) is 18.5 Å². The molecule has 0 amide bonds. The predicted molar refractivity (Wildman–Crippen MR) is 101 cm³/mol. The molecule has 136 valence electrons. The summed E-state index contributed by atoms with van der Waals surface area (Å²) < 4.78 is 8.85. The van der Waals surface area contributed by atoms with Crippen molar-refractivity contribution in [2.24, 2.45) is 7.05 Å². The molecule has 0 aliphatic carbocycles. The Balaban J connectivity index is 1.77. The fourth-order valence-electron chi connectivity index (χ4n) is 3.54. The molecule has 1 aliphatic heterocycles. The van der Waals surface area contributed by atoms with Crippen LogP contribution in [0.3, 0.4) is 0 Å². The van der Waals surface area contributed by atoms with Crippen molar-refractivity contribution < 1.29 is 4.74 Å². The number of fused-ring (bicyclic) bond motifs is 1. The number of nitrogens with zero attached hydrogens (tertiary/aromatic N) is 4. The summed E-state index contributed by atoms with van der Waals surface area (Å²) in [6, 6.07) is 6.30. The first kappa shape index (κ1) is 16.8. The van der Waals surface area contributed by atoms with Gasteiger partial charge in [0.05, 0.1) is 6.20 Å². The Morgan fingerprint density at radius 3 is 2.73 bits per heavy atom. The van der Waals surface area contributed by atoms with Gasteiger partial charge in [-0.25, -0.2) is 9.78 Å². The number of nitrogens with one attached hydrogen (secondary N) is 1. The molecule has 7 nitrogen and oxygen atoms in total. The molecule has 2 aromatic heterocycles. The molecule has 1 aliphatic rings. The third-order valence-corrected chi connectivity index (χ3v) is 5.02. The molecule has 0 atom stereocenters. The molecule has 3 heterocycles. The lowest BCUT2D eigenvalue weighted by molar-refractivity contribution is 0.0695. The smallest absolute Gasteiger partial charge is 0.330 e. The van der Waals surface area contributed by atoms with Crippen LogP contribution >= 0.6 is 0 Å². The van der Waals surface area contributed by atoms with Crippen molar-refractivity contribution in [1.29, 1.82) is 0 Å². The van der Waals surface area contributed by atoms with Crippen molar-refractivity contribution in [3.63, 3.8) is 0 Å². The van der Waals surface area contributed by atoms with Gasteiger partial charge in [0.15, 0.2) is 5.65 Å². The minimum absolute atomic E-state index is 0.0510. The van der Waals surface area contributed by atoms with Gasteiger partial charge in [0.1, 0.15) is 5.52 Å². The number of imidazole rings is 1. The first-order chi connectivity index (χ1) is 12.5. The van der Waals surface area contributed by atoms with E-state index in [4.69, 9.17) is 4.74 Å². The minimum Gasteiger partial charge on any atom is -0.381 e. The summed E-state index contributed by atoms with van der Waals surface area (Å²) in [4.78, 5) is 21.8. The molecule has 3 aromatic rings. The van der Waals surface area contributed by atoms with E-state index in [2.05, 4.69) is 28.3 Å². The first-order valence-corrected chi connectivity index (χ1v) is 8.90. The number of benzene rings is 1. The van der Waals surface area contributed by atoms with Crippen LogP contribution in [0.2, 0.25) is 0 Å². The van der Waals surface area contributed by atoms with Crippen LogP contribution < -0.4 is 11.0 Å². The number of rotatable bonds is 3. The predicted octanol–water partition coefficient (Wildman–Crippen LogP) is 2.84. The average molecular weight is 353 g/mol. The summed E-state index contributed by atoms with van der Waals surface area (Å²) in [5, 5.41) is 3.28. The van der Waals surface area contributed by atoms with Gasteiger partial charge in [-0.05, 0) is 38.3 Å². The lowest BCUT2D eigenvalue weighted by Gasteiger charge is -2.22. The van der Waals surface area contributed by atoms with E-state index >= 15 is 0 Å². The SMILES string of the molecule is Cc1ccc(Nc2ncc3c(n2)n(C2CCOCC2)c(=O)n3C)c(C)c1. The summed E-state index contributed by atoms with van der Waals surface area (Å²) in [5.41, 5.74) is 4.67. The van der Waals surface area contributed by atoms with Gasteiger partial charge in [0.2, 0.25) is 5.95 Å². The van der Waals surface area contributed by atoms with Crippen LogP contribution in [0.15, 0.2) is 29.2 Å². The van der Waals surface area contributed by atoms with Gasteiger partial charge < -0.3 is 10.1 Å². The maximum absolute atomic E-state index is 12.7. The molecule has 7 heteroatoms. The van der Waals surface area contributed by atoms with E-state index in [1.807, 2.05) is 19.1 Å². The number of hydrogen-bond acceptors (Lipinski definition) is 5. The van der Waals surface area contributed by atoms with Crippen molar-refractivity contribution in [2.45, 2.75) is 32.7 Å². The molecule has 0 radical (unpaired) electrons. The number of anilines is 2. The highest BCUT2D eigenvalue weighted by molar-refractivity contribution is 5.73. The van der Waals surface area contributed by atoms with Crippen molar-refractivity contribution >= 4 is 22.8 Å². The second-order valence-corrected chi connectivity index (χ2v) is 6.90. The van der Waals surface area contributed by atoms with Crippen LogP contribution in [-0.2, 0) is 11.8 Å². The Morgan fingerprint density at radius 2 is 2.00 bits per heavy atom. The van der Waals surface area contributed by atoms with Crippen LogP contribution in [0.5, 0.6) is 0 Å². The number of aryl methyl sites for hydroxylation is 3. The third kappa shape index (κ3) is 2.88. The Hall–Kier alpha value is -2.67. The van der Waals surface area contributed by atoms with Crippen molar-refractivity contribution in [3.8, 4) is 0 Å². The van der Waals surface area contributed by atoms with Gasteiger partial charge in [-0.1, -0.05) is 17.7 Å². The monoisotopic (exact) mass is 353 g/mol. The third-order valence-electron chi connectivity index (χ3n) is 5.02. The highest BCUT2D eigenvalue weighted by Gasteiger charge is 2.23. The molecule has 26 heavy (non-hydrogen) atoms. The Kier molecular flexibility index (Phi) is 4.24. The standard InChI is InChI=1S/C19H23N5O2/c1-12-4-5-15(13(2)10-12)21-18-20-11-16-17(22-18)24(19(25)23(16)3)14-6-8-26-9-7-14/h4-5,10-11,14H,6-9H2,1-3H3,(H,20,21,22). The van der Waals surface area contributed by atoms with E-state index in [0.717, 1.165) is 29.6 Å². The van der Waals surface area contributed by atoms with E-state index in [-0.39, 0.29) is 11.7 Å². The van der Waals surface area contributed by atoms with E-state index < -0.39 is 0 Å². The minimum atomic E-state index is -0.0510. The van der Waals surface area contributed by atoms with Crippen molar-refractivity contribution in [1.82, 2.24) is 19.1 Å². The summed E-state index contributed by atoms with van der Waals surface area (Å²) >= 11 is 0. The normalized spacial score (nSPS) is 15.5. The van der Waals surface area contributed by atoms with E-state index in [1.165, 1.54) is 5.56 Å². The molecule has 1 aromatic carbocycles. The van der Waals surface area contributed by atoms with Crippen LogP contribution in [-0.4, -0.2) is 32.3 Å². The average Bonchev–Trinajstić information content (AvgIpc) is 2.89. The van der Waals surface area contributed by atoms with Gasteiger partial charge in [0, 0.05) is 32.0 Å². The van der Waals surface area contributed by atoms with E-state index in [9.17, 15) is 4.79 Å². The molecule has 0 unspecified atom stereocenters. The largest absolute Gasteiger partial charge is 0.381 e. The fraction of sp³-hybridized carbons (Fsp3) is 0.421. The maximum atomic E-state index is 12.7. The Bertz CT molecular complexity index is 1010. The zero-order valence-electron chi connectivity index (χ0n) is 15.3. The quantitative estimate of drug-likeness (QED) is 0.784. The molecular weight excluding hydrogens is 330 g/mol. The summed E-state index contributed by atoms with van der Waals surface area (Å²) in [5.74, 6) is 0.496. The van der Waals surface area contributed by atoms with Crippen LogP contribution in [0.25, 0.3) is 11.2 Å². The van der Waals surface area contributed by atoms with Crippen LogP contribution in [0.4, 0.5) is 11.6 Å². The lowest BCUT2D eigenvalue weighted by Crippen LogP contribution is -2.30. The summed E-state index contributed by atoms with van der Waals surface area (Å²) in [6.45, 7) is 5.46. The van der Waals surface area contributed by atoms with Crippen LogP contribution in [0, 0.1) is 13.8 Å². The fourth-order valence-corrected chi connectivity index (χ4v) is 3.54. The first-order valence-electron chi connectivity index (χ1n) is 8.90. The summed E-state index contributed by atoms with van der Waals surface area (Å²) in [6.07, 6.45) is 3.36. The topological polar surface area (TPSA) is 74.0 Å². The van der Waals surface area contributed by atoms with Gasteiger partial charge in [0.25, 0.3) is 0 Å². The molecule has 1 fully saturated rings. The van der Waals surface area contributed by atoms with Gasteiger partial charge in [-0.15, -0.1) is 0 Å². The lowest BCUT2D eigenvalue weighted by atomic mass is 10.1. The highest BCUT2D eigenvalue weighted by Crippen LogP contribution is 2.25. The van der Waals surface area contributed by atoms with E-state index in [0.29, 0.717) is 24.8 Å². The molecule has 0 bridgehead atoms. The van der Waals surface area contributed by atoms with Crippen molar-refractivity contribution in [3.05, 3.63) is 46.0 Å². The Morgan fingerprint density at radius 1 is 1.23 bits per heavy atom. The van der Waals surface area contributed by atoms with Gasteiger partial charge in [-0.2, -0.15) is 4.98 Å². The maximum Gasteiger partial charge on any atom is 0.330 e. The summed E-state index contributed by atoms with van der Waals surface area (Å²) in [7, 11) is 1.76. The molecule has 1 N–H and O–H groups in total. The number of aromatic nitrogens is 4. The van der Waals surface area contributed by atoms with E-state index in [1.54, 1.807) is 22.4 Å². The molecule has 1 saturated heterocycles. The molecule has 0 saturated carbocycles. The zero-order chi connectivity index (χ0) is 18.3. The second-order valence-electron chi connectivity index (χ2n) is 6.90. The molecule has 0 spiro atoms. The Labute approximate surface area is 151 Å². The van der Waals surface area contributed by atoms with Gasteiger partial charge in [-0.3, -0.25) is 9.13 Å². The highest BCUT2D eigenvalue weighted by atomic mass is 16.5. The number of ether oxygens (including phenoxy) is 1. The molecule has 4 rings (SSSR count). The number of hydrogen-bond donors (Lipinski definition) is 1.